The maximum atomic E-state index is 13.0. The number of halogens is 1. The second kappa shape index (κ2) is 7.47. The van der Waals surface area contributed by atoms with Gasteiger partial charge in [0, 0.05) is 37.9 Å². The van der Waals surface area contributed by atoms with Gasteiger partial charge in [-0.3, -0.25) is 0 Å². The first-order valence-corrected chi connectivity index (χ1v) is 9.10. The number of nitrogens with zero attached hydrogens (tertiary/aromatic N) is 2. The predicted octanol–water partition coefficient (Wildman–Crippen LogP) is 3.40. The summed E-state index contributed by atoms with van der Waals surface area (Å²) in [6, 6.07) is 7.29. The largest absolute Gasteiger partial charge is 0.368 e. The summed E-state index contributed by atoms with van der Waals surface area (Å²) in [5.41, 5.74) is 1.09. The molecule has 0 radical (unpaired) electrons. The highest BCUT2D eigenvalue weighted by Crippen LogP contribution is 2.24. The molecule has 1 saturated heterocycles. The van der Waals surface area contributed by atoms with Gasteiger partial charge >= 0.3 is 0 Å². The molecule has 1 aliphatic heterocycles. The van der Waals surface area contributed by atoms with E-state index in [0.717, 1.165) is 37.0 Å². The van der Waals surface area contributed by atoms with Gasteiger partial charge in [0.15, 0.2) is 5.11 Å². The molecule has 1 aromatic carbocycles. The lowest BCUT2D eigenvalue weighted by molar-refractivity contribution is 0.293. The third-order valence-corrected chi connectivity index (χ3v) is 5.56. The standard InChI is InChI=1S/C18H26FN3S/c1-14-4-2-3-5-17(14)20-18(23)22-12-10-21(11-13-22)16-8-6-15(19)7-9-16/h6-9,14,17H,2-5,10-13H2,1H3,(H,20,23)/t14-,17-/m1/s1. The van der Waals surface area contributed by atoms with Crippen LogP contribution in [0, 0.1) is 11.7 Å². The van der Waals surface area contributed by atoms with Crippen molar-refractivity contribution in [2.45, 2.75) is 38.6 Å². The Bertz CT molecular complexity index is 526. The van der Waals surface area contributed by atoms with Crippen LogP contribution in [-0.2, 0) is 0 Å². The molecule has 3 rings (SSSR count). The molecule has 23 heavy (non-hydrogen) atoms. The van der Waals surface area contributed by atoms with E-state index >= 15 is 0 Å². The lowest BCUT2D eigenvalue weighted by Crippen LogP contribution is -2.54. The molecule has 1 aliphatic carbocycles. The maximum absolute atomic E-state index is 13.0. The van der Waals surface area contributed by atoms with E-state index in [9.17, 15) is 4.39 Å². The van der Waals surface area contributed by atoms with Crippen LogP contribution in [0.1, 0.15) is 32.6 Å². The van der Waals surface area contributed by atoms with Crippen molar-refractivity contribution in [3.63, 3.8) is 0 Å². The lowest BCUT2D eigenvalue weighted by atomic mass is 9.86. The molecule has 0 aromatic heterocycles. The topological polar surface area (TPSA) is 18.5 Å². The minimum absolute atomic E-state index is 0.181. The number of nitrogens with one attached hydrogen (secondary N) is 1. The highest BCUT2D eigenvalue weighted by molar-refractivity contribution is 7.80. The van der Waals surface area contributed by atoms with Crippen LogP contribution >= 0.6 is 12.2 Å². The third-order valence-electron chi connectivity index (χ3n) is 5.18. The van der Waals surface area contributed by atoms with Crippen LogP contribution in [0.4, 0.5) is 10.1 Å². The average molecular weight is 335 g/mol. The molecule has 0 unspecified atom stereocenters. The lowest BCUT2D eigenvalue weighted by Gasteiger charge is -2.39. The Labute approximate surface area is 143 Å². The van der Waals surface area contributed by atoms with Crippen LogP contribution in [0.3, 0.4) is 0 Å². The first-order chi connectivity index (χ1) is 11.1. The van der Waals surface area contributed by atoms with Crippen molar-refractivity contribution in [2.24, 2.45) is 5.92 Å². The fraction of sp³-hybridized carbons (Fsp3) is 0.611. The number of hydrogen-bond acceptors (Lipinski definition) is 2. The fourth-order valence-electron chi connectivity index (χ4n) is 3.60. The molecule has 126 valence electrons. The van der Waals surface area contributed by atoms with Gasteiger partial charge in [0.25, 0.3) is 0 Å². The normalized spacial score (nSPS) is 25.3. The summed E-state index contributed by atoms with van der Waals surface area (Å²) >= 11 is 5.63. The van der Waals surface area contributed by atoms with Crippen LogP contribution in [0.25, 0.3) is 0 Å². The Morgan fingerprint density at radius 3 is 2.39 bits per heavy atom. The van der Waals surface area contributed by atoms with Gasteiger partial charge < -0.3 is 15.1 Å². The van der Waals surface area contributed by atoms with Crippen LogP contribution in [-0.4, -0.2) is 42.2 Å². The van der Waals surface area contributed by atoms with Crippen molar-refractivity contribution in [3.05, 3.63) is 30.1 Å². The Balaban J connectivity index is 1.50. The second-order valence-electron chi connectivity index (χ2n) is 6.77. The number of hydrogen-bond donors (Lipinski definition) is 1. The predicted molar refractivity (Wildman–Crippen MR) is 97.3 cm³/mol. The summed E-state index contributed by atoms with van der Waals surface area (Å²) < 4.78 is 13.0. The second-order valence-corrected chi connectivity index (χ2v) is 7.15. The number of thiocarbonyl (C=S) groups is 1. The van der Waals surface area contributed by atoms with Crippen molar-refractivity contribution >= 4 is 23.0 Å². The summed E-state index contributed by atoms with van der Waals surface area (Å²) in [6.45, 7) is 6.02. The van der Waals surface area contributed by atoms with Crippen molar-refractivity contribution in [1.29, 1.82) is 0 Å². The molecule has 2 fully saturated rings. The number of piperazine rings is 1. The van der Waals surface area contributed by atoms with Crippen molar-refractivity contribution in [2.75, 3.05) is 31.1 Å². The molecular formula is C18H26FN3S. The first kappa shape index (κ1) is 16.5. The molecule has 0 spiro atoms. The van der Waals surface area contributed by atoms with E-state index in [-0.39, 0.29) is 5.82 Å². The van der Waals surface area contributed by atoms with E-state index < -0.39 is 0 Å². The Morgan fingerprint density at radius 1 is 1.09 bits per heavy atom. The van der Waals surface area contributed by atoms with E-state index in [4.69, 9.17) is 12.2 Å². The minimum Gasteiger partial charge on any atom is -0.368 e. The van der Waals surface area contributed by atoms with E-state index in [1.54, 1.807) is 0 Å². The van der Waals surface area contributed by atoms with Crippen LogP contribution in [0.15, 0.2) is 24.3 Å². The molecule has 1 aromatic rings. The number of benzene rings is 1. The zero-order chi connectivity index (χ0) is 16.2. The van der Waals surface area contributed by atoms with Crippen molar-refractivity contribution in [3.8, 4) is 0 Å². The van der Waals surface area contributed by atoms with E-state index in [2.05, 4.69) is 22.0 Å². The van der Waals surface area contributed by atoms with Gasteiger partial charge in [0.2, 0.25) is 0 Å². The van der Waals surface area contributed by atoms with Crippen LogP contribution in [0.5, 0.6) is 0 Å². The SMILES string of the molecule is C[C@@H]1CCCC[C@H]1NC(=S)N1CCN(c2ccc(F)cc2)CC1. The molecule has 2 atom stereocenters. The van der Waals surface area contributed by atoms with E-state index in [0.29, 0.717) is 12.0 Å². The molecular weight excluding hydrogens is 309 g/mol. The van der Waals surface area contributed by atoms with Gasteiger partial charge in [-0.1, -0.05) is 19.8 Å². The summed E-state index contributed by atoms with van der Waals surface area (Å²) in [4.78, 5) is 4.57. The molecule has 0 bridgehead atoms. The van der Waals surface area contributed by atoms with Gasteiger partial charge in [-0.25, -0.2) is 4.39 Å². The molecule has 5 heteroatoms. The van der Waals surface area contributed by atoms with Crippen LogP contribution < -0.4 is 10.2 Å². The molecule has 0 amide bonds. The summed E-state index contributed by atoms with van der Waals surface area (Å²) in [7, 11) is 0. The Hall–Kier alpha value is -1.36. The van der Waals surface area contributed by atoms with E-state index in [1.807, 2.05) is 12.1 Å². The zero-order valence-corrected chi connectivity index (χ0v) is 14.6. The highest BCUT2D eigenvalue weighted by Gasteiger charge is 2.25. The Kier molecular flexibility index (Phi) is 5.36. The monoisotopic (exact) mass is 335 g/mol. The summed E-state index contributed by atoms with van der Waals surface area (Å²) in [6.07, 6.45) is 5.20. The van der Waals surface area contributed by atoms with Gasteiger partial charge in [0.05, 0.1) is 0 Å². The van der Waals surface area contributed by atoms with E-state index in [1.165, 1.54) is 37.8 Å². The van der Waals surface area contributed by atoms with Crippen molar-refractivity contribution in [1.82, 2.24) is 10.2 Å². The van der Waals surface area contributed by atoms with Crippen molar-refractivity contribution < 1.29 is 4.39 Å². The summed E-state index contributed by atoms with van der Waals surface area (Å²) in [5.74, 6) is 0.529. The highest BCUT2D eigenvalue weighted by atomic mass is 32.1. The Morgan fingerprint density at radius 2 is 1.74 bits per heavy atom. The van der Waals surface area contributed by atoms with Gasteiger partial charge in [-0.2, -0.15) is 0 Å². The van der Waals surface area contributed by atoms with Gasteiger partial charge in [-0.15, -0.1) is 0 Å². The zero-order valence-electron chi connectivity index (χ0n) is 13.8. The third kappa shape index (κ3) is 4.14. The maximum Gasteiger partial charge on any atom is 0.169 e. The molecule has 1 N–H and O–H groups in total. The van der Waals surface area contributed by atoms with Crippen LogP contribution in [0.2, 0.25) is 0 Å². The number of anilines is 1. The quantitative estimate of drug-likeness (QED) is 0.835. The molecule has 3 nitrogen and oxygen atoms in total. The fourth-order valence-corrected chi connectivity index (χ4v) is 3.93. The molecule has 1 heterocycles. The van der Waals surface area contributed by atoms with Gasteiger partial charge in [0.1, 0.15) is 5.82 Å². The first-order valence-electron chi connectivity index (χ1n) is 8.69. The average Bonchev–Trinajstić information content (AvgIpc) is 2.58. The minimum atomic E-state index is -0.181. The van der Waals surface area contributed by atoms with Gasteiger partial charge in [-0.05, 0) is 55.2 Å². The molecule has 2 aliphatic rings. The summed E-state index contributed by atoms with van der Waals surface area (Å²) in [5, 5.41) is 4.49. The molecule has 1 saturated carbocycles. The number of rotatable bonds is 2. The smallest absolute Gasteiger partial charge is 0.169 e.